The third-order valence-electron chi connectivity index (χ3n) is 6.46. The third kappa shape index (κ3) is 3.25. The summed E-state index contributed by atoms with van der Waals surface area (Å²) in [4.78, 5) is 3.75. The Kier molecular flexibility index (Phi) is 4.72. The van der Waals surface area contributed by atoms with E-state index in [1.54, 1.807) is 0 Å². The molecule has 3 N–H and O–H groups in total. The normalized spacial score (nSPS) is 19.1. The zero-order valence-corrected chi connectivity index (χ0v) is 18.5. The molecule has 1 aromatic heterocycles. The molecule has 0 saturated heterocycles. The van der Waals surface area contributed by atoms with Crippen LogP contribution in [0.1, 0.15) is 60.7 Å². The van der Waals surface area contributed by atoms with E-state index in [0.717, 1.165) is 11.6 Å². The molecule has 1 aliphatic heterocycles. The Bertz CT molecular complexity index is 1200. The van der Waals surface area contributed by atoms with Crippen molar-refractivity contribution in [2.24, 2.45) is 0 Å². The van der Waals surface area contributed by atoms with E-state index >= 15 is 0 Å². The molecular formula is C27H28ClN2+. The highest BCUT2D eigenvalue weighted by Gasteiger charge is 2.36. The van der Waals surface area contributed by atoms with Crippen molar-refractivity contribution in [3.05, 3.63) is 106 Å². The molecule has 3 heteroatoms. The van der Waals surface area contributed by atoms with Crippen molar-refractivity contribution in [1.82, 2.24) is 4.98 Å². The summed E-state index contributed by atoms with van der Waals surface area (Å²) >= 11 is 6.63. The Morgan fingerprint density at radius 2 is 1.60 bits per heavy atom. The second-order valence-corrected chi connectivity index (χ2v) is 9.80. The van der Waals surface area contributed by atoms with Crippen LogP contribution in [0.2, 0.25) is 5.02 Å². The Morgan fingerprint density at radius 1 is 0.900 bits per heavy atom. The number of quaternary nitrogens is 1. The molecule has 2 heterocycles. The van der Waals surface area contributed by atoms with Gasteiger partial charge in [0, 0.05) is 27.1 Å². The molecule has 4 aromatic rings. The van der Waals surface area contributed by atoms with Crippen molar-refractivity contribution in [3.8, 4) is 0 Å². The van der Waals surface area contributed by atoms with Gasteiger partial charge in [0.05, 0.1) is 18.2 Å². The quantitative estimate of drug-likeness (QED) is 0.407. The molecule has 0 aliphatic carbocycles. The summed E-state index contributed by atoms with van der Waals surface area (Å²) in [7, 11) is 0. The fraction of sp³-hybridized carbons (Fsp3) is 0.259. The summed E-state index contributed by atoms with van der Waals surface area (Å²) in [5.74, 6) is 0.273. The van der Waals surface area contributed by atoms with Crippen LogP contribution in [0.15, 0.2) is 72.8 Å². The first-order valence-electron chi connectivity index (χ1n) is 10.7. The number of hydrogen-bond donors (Lipinski definition) is 2. The molecule has 2 nitrogen and oxygen atoms in total. The second-order valence-electron chi connectivity index (χ2n) is 9.39. The number of aromatic amines is 1. The standard InChI is InChI=1S/C27H27ClN2/c1-27(2,3)18-14-12-17(13-15-18)25-26-24(20-9-5-7-11-23(20)30-26)21(16-29-25)19-8-4-6-10-22(19)28/h4-15,21,25,29-30H,16H2,1-3H3/p+1/t21-,25+/m1/s1. The van der Waals surface area contributed by atoms with Crippen LogP contribution in [0.3, 0.4) is 0 Å². The molecule has 0 amide bonds. The molecule has 0 unspecified atom stereocenters. The van der Waals surface area contributed by atoms with Gasteiger partial charge >= 0.3 is 0 Å². The second kappa shape index (κ2) is 7.30. The molecule has 3 aromatic carbocycles. The van der Waals surface area contributed by atoms with Gasteiger partial charge in [-0.1, -0.05) is 93.0 Å². The van der Waals surface area contributed by atoms with Crippen molar-refractivity contribution in [3.63, 3.8) is 0 Å². The average Bonchev–Trinajstić information content (AvgIpc) is 3.13. The molecule has 2 atom stereocenters. The number of hydrogen-bond acceptors (Lipinski definition) is 0. The van der Waals surface area contributed by atoms with E-state index in [1.807, 2.05) is 12.1 Å². The highest BCUT2D eigenvalue weighted by Crippen LogP contribution is 2.40. The number of benzene rings is 3. The lowest BCUT2D eigenvalue weighted by Crippen LogP contribution is -2.88. The van der Waals surface area contributed by atoms with Crippen molar-refractivity contribution in [1.29, 1.82) is 0 Å². The van der Waals surface area contributed by atoms with Gasteiger partial charge in [-0.3, -0.25) is 0 Å². The van der Waals surface area contributed by atoms with Crippen LogP contribution >= 0.6 is 11.6 Å². The van der Waals surface area contributed by atoms with E-state index in [0.29, 0.717) is 0 Å². The van der Waals surface area contributed by atoms with Crippen molar-refractivity contribution < 1.29 is 5.32 Å². The van der Waals surface area contributed by atoms with Crippen LogP contribution in [0.25, 0.3) is 10.9 Å². The van der Waals surface area contributed by atoms with Gasteiger partial charge in [-0.05, 0) is 28.7 Å². The first-order chi connectivity index (χ1) is 14.4. The van der Waals surface area contributed by atoms with Crippen LogP contribution in [0.5, 0.6) is 0 Å². The Hall–Kier alpha value is -2.55. The smallest absolute Gasteiger partial charge is 0.153 e. The maximum Gasteiger partial charge on any atom is 0.153 e. The van der Waals surface area contributed by atoms with Crippen LogP contribution in [-0.2, 0) is 5.41 Å². The number of H-pyrrole nitrogens is 1. The number of para-hydroxylation sites is 1. The van der Waals surface area contributed by atoms with Crippen molar-refractivity contribution in [2.75, 3.05) is 6.54 Å². The first kappa shape index (κ1) is 19.4. The van der Waals surface area contributed by atoms with Crippen molar-refractivity contribution >= 4 is 22.5 Å². The summed E-state index contributed by atoms with van der Waals surface area (Å²) in [5.41, 5.74) is 7.98. The van der Waals surface area contributed by atoms with Crippen molar-refractivity contribution in [2.45, 2.75) is 38.1 Å². The molecule has 0 saturated carbocycles. The van der Waals surface area contributed by atoms with E-state index in [4.69, 9.17) is 11.6 Å². The maximum absolute atomic E-state index is 6.63. The number of aromatic nitrogens is 1. The Morgan fingerprint density at radius 3 is 2.33 bits per heavy atom. The summed E-state index contributed by atoms with van der Waals surface area (Å²) in [6, 6.07) is 26.3. The van der Waals surface area contributed by atoms with E-state index < -0.39 is 0 Å². The SMILES string of the molecule is CC(C)(C)c1ccc([C@@H]2[NH2+]C[C@H](c3ccccc3Cl)c3c2[nH]c2ccccc32)cc1. The highest BCUT2D eigenvalue weighted by molar-refractivity contribution is 6.31. The Labute approximate surface area is 183 Å². The zero-order chi connectivity index (χ0) is 20.9. The highest BCUT2D eigenvalue weighted by atomic mass is 35.5. The number of halogens is 1. The third-order valence-corrected chi connectivity index (χ3v) is 6.80. The fourth-order valence-electron chi connectivity index (χ4n) is 4.85. The summed E-state index contributed by atoms with van der Waals surface area (Å²) < 4.78 is 0. The minimum atomic E-state index is 0.163. The lowest BCUT2D eigenvalue weighted by Gasteiger charge is -2.29. The zero-order valence-electron chi connectivity index (χ0n) is 17.7. The van der Waals surface area contributed by atoms with Gasteiger partial charge < -0.3 is 10.3 Å². The van der Waals surface area contributed by atoms with Crippen LogP contribution in [-0.4, -0.2) is 11.5 Å². The minimum absolute atomic E-state index is 0.163. The molecule has 0 fully saturated rings. The van der Waals surface area contributed by atoms with Crippen LogP contribution in [0, 0.1) is 0 Å². The largest absolute Gasteiger partial charge is 0.353 e. The van der Waals surface area contributed by atoms with Gasteiger partial charge in [-0.2, -0.15) is 0 Å². The number of rotatable bonds is 2. The van der Waals surface area contributed by atoms with Crippen LogP contribution < -0.4 is 5.32 Å². The lowest BCUT2D eigenvalue weighted by atomic mass is 9.82. The molecule has 1 aliphatic rings. The molecule has 5 rings (SSSR count). The predicted octanol–water partition coefficient (Wildman–Crippen LogP) is 5.92. The van der Waals surface area contributed by atoms with Gasteiger partial charge in [-0.25, -0.2) is 0 Å². The van der Waals surface area contributed by atoms with Crippen LogP contribution in [0.4, 0.5) is 0 Å². The van der Waals surface area contributed by atoms with E-state index in [1.165, 1.54) is 38.9 Å². The van der Waals surface area contributed by atoms with E-state index in [-0.39, 0.29) is 17.4 Å². The molecule has 0 radical (unpaired) electrons. The van der Waals surface area contributed by atoms with E-state index in [2.05, 4.69) is 91.7 Å². The molecule has 152 valence electrons. The number of nitrogens with one attached hydrogen (secondary N) is 1. The summed E-state index contributed by atoms with van der Waals surface area (Å²) in [6.07, 6.45) is 0. The number of nitrogens with two attached hydrogens (primary N) is 1. The topological polar surface area (TPSA) is 32.4 Å². The molecular weight excluding hydrogens is 388 g/mol. The number of fused-ring (bicyclic) bond motifs is 3. The van der Waals surface area contributed by atoms with E-state index in [9.17, 15) is 0 Å². The Balaban J connectivity index is 1.65. The van der Waals surface area contributed by atoms with Gasteiger partial charge in [-0.15, -0.1) is 0 Å². The maximum atomic E-state index is 6.63. The monoisotopic (exact) mass is 415 g/mol. The molecule has 30 heavy (non-hydrogen) atoms. The van der Waals surface area contributed by atoms with Gasteiger partial charge in [0.15, 0.2) is 6.04 Å². The lowest BCUT2D eigenvalue weighted by molar-refractivity contribution is -0.692. The first-order valence-corrected chi connectivity index (χ1v) is 11.1. The molecule has 0 spiro atoms. The minimum Gasteiger partial charge on any atom is -0.353 e. The summed E-state index contributed by atoms with van der Waals surface area (Å²) in [5, 5.41) is 4.61. The predicted molar refractivity (Wildman–Crippen MR) is 125 cm³/mol. The van der Waals surface area contributed by atoms with Gasteiger partial charge in [0.2, 0.25) is 0 Å². The summed E-state index contributed by atoms with van der Waals surface area (Å²) in [6.45, 7) is 7.76. The van der Waals surface area contributed by atoms with Gasteiger partial charge in [0.1, 0.15) is 0 Å². The van der Waals surface area contributed by atoms with Gasteiger partial charge in [0.25, 0.3) is 0 Å². The average molecular weight is 416 g/mol. The fourth-order valence-corrected chi connectivity index (χ4v) is 5.11. The molecule has 0 bridgehead atoms.